The summed E-state index contributed by atoms with van der Waals surface area (Å²) in [5.74, 6) is -1.02. The Morgan fingerprint density at radius 1 is 1.29 bits per heavy atom. The zero-order chi connectivity index (χ0) is 12.8. The summed E-state index contributed by atoms with van der Waals surface area (Å²) >= 11 is 0. The molecule has 0 aliphatic heterocycles. The molecule has 17 heavy (non-hydrogen) atoms. The predicted molar refractivity (Wildman–Crippen MR) is 62.2 cm³/mol. The van der Waals surface area contributed by atoms with Crippen LogP contribution in [0.3, 0.4) is 0 Å². The van der Waals surface area contributed by atoms with E-state index in [1.54, 1.807) is 13.8 Å². The maximum atomic E-state index is 12.8. The van der Waals surface area contributed by atoms with Crippen molar-refractivity contribution in [1.82, 2.24) is 10.6 Å². The molecule has 4 nitrogen and oxygen atoms in total. The molecule has 5 heteroatoms. The Labute approximate surface area is 99.2 Å². The second kappa shape index (κ2) is 5.98. The highest BCUT2D eigenvalue weighted by Crippen LogP contribution is 2.09. The monoisotopic (exact) mass is 238 g/mol. The number of carbonyl (C=O) groups is 2. The van der Waals surface area contributed by atoms with Gasteiger partial charge in [-0.2, -0.15) is 0 Å². The number of rotatable bonds is 4. The number of likely N-dealkylation sites (N-methyl/N-ethyl adjacent to an activating group) is 1. The van der Waals surface area contributed by atoms with Gasteiger partial charge in [0.15, 0.2) is 0 Å². The molecule has 0 saturated carbocycles. The van der Waals surface area contributed by atoms with E-state index in [4.69, 9.17) is 0 Å². The van der Waals surface area contributed by atoms with Gasteiger partial charge >= 0.3 is 0 Å². The van der Waals surface area contributed by atoms with E-state index in [2.05, 4.69) is 10.6 Å². The smallest absolute Gasteiger partial charge is 0.251 e. The van der Waals surface area contributed by atoms with Gasteiger partial charge in [-0.15, -0.1) is 0 Å². The van der Waals surface area contributed by atoms with Crippen molar-refractivity contribution in [3.63, 3.8) is 0 Å². The first-order valence-electron chi connectivity index (χ1n) is 5.35. The Hall–Kier alpha value is -1.91. The first kappa shape index (κ1) is 13.2. The molecule has 0 spiro atoms. The molecule has 0 aliphatic carbocycles. The van der Waals surface area contributed by atoms with E-state index in [-0.39, 0.29) is 24.2 Å². The molecule has 0 heterocycles. The van der Waals surface area contributed by atoms with Crippen molar-refractivity contribution in [3.8, 4) is 0 Å². The molecule has 0 unspecified atom stereocenters. The van der Waals surface area contributed by atoms with Gasteiger partial charge in [-0.3, -0.25) is 9.59 Å². The number of carbonyl (C=O) groups excluding carboxylic acids is 2. The largest absolute Gasteiger partial charge is 0.355 e. The summed E-state index contributed by atoms with van der Waals surface area (Å²) in [6.45, 7) is 3.88. The third-order valence-corrected chi connectivity index (χ3v) is 2.22. The molecule has 0 fully saturated rings. The molecular formula is C12H15FN2O2. The summed E-state index contributed by atoms with van der Waals surface area (Å²) in [6, 6.07) is 3.90. The number of nitrogens with one attached hydrogen (secondary N) is 2. The van der Waals surface area contributed by atoms with E-state index >= 15 is 0 Å². The molecule has 0 radical (unpaired) electrons. The molecule has 0 saturated heterocycles. The summed E-state index contributed by atoms with van der Waals surface area (Å²) in [7, 11) is 0. The molecule has 1 aromatic carbocycles. The number of benzene rings is 1. The van der Waals surface area contributed by atoms with Gasteiger partial charge in [-0.25, -0.2) is 4.39 Å². The Morgan fingerprint density at radius 2 is 2.00 bits per heavy atom. The third-order valence-electron chi connectivity index (χ3n) is 2.22. The van der Waals surface area contributed by atoms with Crippen molar-refractivity contribution in [1.29, 1.82) is 0 Å². The van der Waals surface area contributed by atoms with Crippen LogP contribution in [0, 0.1) is 12.7 Å². The van der Waals surface area contributed by atoms with Gasteiger partial charge < -0.3 is 10.6 Å². The minimum absolute atomic E-state index is 0.0799. The SMILES string of the molecule is CCNC(=O)CNC(=O)c1ccc(F)cc1C. The molecule has 2 N–H and O–H groups in total. The lowest BCUT2D eigenvalue weighted by atomic mass is 10.1. The minimum Gasteiger partial charge on any atom is -0.355 e. The van der Waals surface area contributed by atoms with Crippen LogP contribution in [0.5, 0.6) is 0 Å². The summed E-state index contributed by atoms with van der Waals surface area (Å²) in [6.07, 6.45) is 0. The Morgan fingerprint density at radius 3 is 2.59 bits per heavy atom. The minimum atomic E-state index is -0.386. The lowest BCUT2D eigenvalue weighted by molar-refractivity contribution is -0.120. The van der Waals surface area contributed by atoms with Crippen LogP contribution >= 0.6 is 0 Å². The average Bonchev–Trinajstić information content (AvgIpc) is 2.26. The zero-order valence-corrected chi connectivity index (χ0v) is 9.84. The average molecular weight is 238 g/mol. The fourth-order valence-corrected chi connectivity index (χ4v) is 1.40. The highest BCUT2D eigenvalue weighted by molar-refractivity contribution is 5.97. The number of hydrogen-bond acceptors (Lipinski definition) is 2. The van der Waals surface area contributed by atoms with Crippen molar-refractivity contribution in [2.24, 2.45) is 0 Å². The third kappa shape index (κ3) is 3.86. The highest BCUT2D eigenvalue weighted by Gasteiger charge is 2.10. The van der Waals surface area contributed by atoms with Gasteiger partial charge in [0.05, 0.1) is 6.54 Å². The van der Waals surface area contributed by atoms with E-state index in [1.807, 2.05) is 0 Å². The van der Waals surface area contributed by atoms with E-state index in [9.17, 15) is 14.0 Å². The van der Waals surface area contributed by atoms with Crippen molar-refractivity contribution in [2.75, 3.05) is 13.1 Å². The van der Waals surface area contributed by atoms with Crippen molar-refractivity contribution >= 4 is 11.8 Å². The van der Waals surface area contributed by atoms with Gasteiger partial charge in [0.25, 0.3) is 5.91 Å². The van der Waals surface area contributed by atoms with E-state index in [1.165, 1.54) is 18.2 Å². The van der Waals surface area contributed by atoms with Crippen molar-refractivity contribution in [3.05, 3.63) is 35.1 Å². The van der Waals surface area contributed by atoms with Gasteiger partial charge in [0.1, 0.15) is 5.82 Å². The molecular weight excluding hydrogens is 223 g/mol. The Balaban J connectivity index is 2.61. The normalized spacial score (nSPS) is 9.82. The number of aryl methyl sites for hydroxylation is 1. The van der Waals surface area contributed by atoms with E-state index < -0.39 is 0 Å². The maximum Gasteiger partial charge on any atom is 0.251 e. The Bertz CT molecular complexity index is 433. The molecule has 0 aromatic heterocycles. The number of hydrogen-bond donors (Lipinski definition) is 2. The summed E-state index contributed by atoms with van der Waals surface area (Å²) in [4.78, 5) is 22.8. The van der Waals surface area contributed by atoms with Gasteiger partial charge in [-0.1, -0.05) is 0 Å². The molecule has 2 amide bonds. The van der Waals surface area contributed by atoms with Crippen molar-refractivity contribution < 1.29 is 14.0 Å². The molecule has 0 aliphatic rings. The lowest BCUT2D eigenvalue weighted by Crippen LogP contribution is -2.36. The second-order valence-corrected chi connectivity index (χ2v) is 3.60. The lowest BCUT2D eigenvalue weighted by Gasteiger charge is -2.07. The van der Waals surface area contributed by atoms with Crippen LogP contribution < -0.4 is 10.6 Å². The number of halogens is 1. The topological polar surface area (TPSA) is 58.2 Å². The summed E-state index contributed by atoms with van der Waals surface area (Å²) < 4.78 is 12.8. The number of amides is 2. The molecule has 1 rings (SSSR count). The fourth-order valence-electron chi connectivity index (χ4n) is 1.40. The fraction of sp³-hybridized carbons (Fsp3) is 0.333. The van der Waals surface area contributed by atoms with Crippen LogP contribution in [0.25, 0.3) is 0 Å². The van der Waals surface area contributed by atoms with Crippen LogP contribution in [0.2, 0.25) is 0 Å². The van der Waals surface area contributed by atoms with Crippen LogP contribution in [0.4, 0.5) is 4.39 Å². The van der Waals surface area contributed by atoms with Crippen LogP contribution in [0.15, 0.2) is 18.2 Å². The quantitative estimate of drug-likeness (QED) is 0.822. The van der Waals surface area contributed by atoms with Gasteiger partial charge in [-0.05, 0) is 37.6 Å². The summed E-state index contributed by atoms with van der Waals surface area (Å²) in [5, 5.41) is 5.03. The predicted octanol–water partition coefficient (Wildman–Crippen LogP) is 1.00. The highest BCUT2D eigenvalue weighted by atomic mass is 19.1. The van der Waals surface area contributed by atoms with Gasteiger partial charge in [0, 0.05) is 12.1 Å². The second-order valence-electron chi connectivity index (χ2n) is 3.60. The first-order chi connectivity index (χ1) is 8.04. The van der Waals surface area contributed by atoms with E-state index in [0.29, 0.717) is 17.7 Å². The van der Waals surface area contributed by atoms with Crippen molar-refractivity contribution in [2.45, 2.75) is 13.8 Å². The summed E-state index contributed by atoms with van der Waals surface area (Å²) in [5.41, 5.74) is 0.911. The van der Waals surface area contributed by atoms with Crippen LogP contribution in [0.1, 0.15) is 22.8 Å². The molecule has 0 bridgehead atoms. The van der Waals surface area contributed by atoms with Crippen LogP contribution in [-0.4, -0.2) is 24.9 Å². The van der Waals surface area contributed by atoms with Crippen LogP contribution in [-0.2, 0) is 4.79 Å². The Kier molecular flexibility index (Phi) is 4.63. The zero-order valence-electron chi connectivity index (χ0n) is 9.84. The molecule has 1 aromatic rings. The first-order valence-corrected chi connectivity index (χ1v) is 5.35. The molecule has 92 valence electrons. The molecule has 0 atom stereocenters. The maximum absolute atomic E-state index is 12.8. The van der Waals surface area contributed by atoms with Gasteiger partial charge in [0.2, 0.25) is 5.91 Å². The van der Waals surface area contributed by atoms with E-state index in [0.717, 1.165) is 0 Å². The standard InChI is InChI=1S/C12H15FN2O2/c1-3-14-11(16)7-15-12(17)10-5-4-9(13)6-8(10)2/h4-6H,3,7H2,1-2H3,(H,14,16)(H,15,17).